The maximum Gasteiger partial charge on any atom is 0.269 e. The Morgan fingerprint density at radius 2 is 2.30 bits per heavy atom. The second-order valence-corrected chi connectivity index (χ2v) is 5.06. The van der Waals surface area contributed by atoms with Crippen LogP contribution in [0.4, 0.5) is 0 Å². The van der Waals surface area contributed by atoms with Gasteiger partial charge in [-0.05, 0) is 37.1 Å². The fourth-order valence-corrected chi connectivity index (χ4v) is 2.23. The van der Waals surface area contributed by atoms with Gasteiger partial charge in [0.25, 0.3) is 5.91 Å². The Morgan fingerprint density at radius 3 is 3.00 bits per heavy atom. The van der Waals surface area contributed by atoms with E-state index in [0.717, 1.165) is 29.9 Å². The van der Waals surface area contributed by atoms with Crippen molar-refractivity contribution in [2.45, 2.75) is 26.7 Å². The average Bonchev–Trinajstić information content (AvgIpc) is 3.26. The van der Waals surface area contributed by atoms with E-state index >= 15 is 0 Å². The number of tetrazole rings is 1. The van der Waals surface area contributed by atoms with Crippen LogP contribution in [-0.4, -0.2) is 48.0 Å². The lowest BCUT2D eigenvalue weighted by Gasteiger charge is -2.03. The molecule has 120 valence electrons. The highest BCUT2D eigenvalue weighted by Gasteiger charge is 2.12. The number of hydrogen-bond donors (Lipinski definition) is 2. The van der Waals surface area contributed by atoms with Crippen molar-refractivity contribution >= 4 is 5.91 Å². The van der Waals surface area contributed by atoms with Crippen LogP contribution >= 0.6 is 0 Å². The topological polar surface area (TPSA) is 127 Å². The van der Waals surface area contributed by atoms with Gasteiger partial charge in [0.15, 0.2) is 5.82 Å². The Labute approximate surface area is 131 Å². The zero-order chi connectivity index (χ0) is 16.2. The van der Waals surface area contributed by atoms with Crippen LogP contribution in [0.2, 0.25) is 0 Å². The minimum Gasteiger partial charge on any atom is -0.361 e. The van der Waals surface area contributed by atoms with Gasteiger partial charge in [-0.25, -0.2) is 0 Å². The number of carbonyl (C=O) groups excluding carboxylic acids is 1. The van der Waals surface area contributed by atoms with Crippen molar-refractivity contribution in [3.63, 3.8) is 0 Å². The monoisotopic (exact) mass is 316 g/mol. The Kier molecular flexibility index (Phi) is 4.13. The van der Waals surface area contributed by atoms with E-state index in [-0.39, 0.29) is 5.91 Å². The van der Waals surface area contributed by atoms with Gasteiger partial charge >= 0.3 is 0 Å². The van der Waals surface area contributed by atoms with Gasteiger partial charge in [0.1, 0.15) is 17.8 Å². The normalized spacial score (nSPS) is 10.9. The minimum absolute atomic E-state index is 0.226. The smallest absolute Gasteiger partial charge is 0.269 e. The third-order valence-electron chi connectivity index (χ3n) is 3.46. The highest BCUT2D eigenvalue weighted by atomic mass is 16.5. The zero-order valence-corrected chi connectivity index (χ0v) is 12.8. The lowest BCUT2D eigenvalue weighted by Crippen LogP contribution is -2.25. The van der Waals surface area contributed by atoms with Gasteiger partial charge in [0.2, 0.25) is 0 Å². The third-order valence-corrected chi connectivity index (χ3v) is 3.46. The number of amides is 1. The first-order chi connectivity index (χ1) is 11.1. The second-order valence-electron chi connectivity index (χ2n) is 5.06. The van der Waals surface area contributed by atoms with Gasteiger partial charge in [0.05, 0.1) is 5.69 Å². The molecule has 0 aliphatic carbocycles. The molecule has 0 bridgehead atoms. The summed E-state index contributed by atoms with van der Waals surface area (Å²) in [4.78, 5) is 12.0. The molecule has 0 spiro atoms. The molecular weight excluding hydrogens is 300 g/mol. The molecule has 10 nitrogen and oxygen atoms in total. The Bertz CT molecular complexity index is 769. The predicted octanol–water partition coefficient (Wildman–Crippen LogP) is 0.353. The molecule has 0 atom stereocenters. The maximum absolute atomic E-state index is 12.0. The molecule has 0 saturated carbocycles. The van der Waals surface area contributed by atoms with E-state index in [1.807, 2.05) is 13.8 Å². The van der Waals surface area contributed by atoms with Crippen LogP contribution in [0, 0.1) is 13.8 Å². The molecule has 0 saturated heterocycles. The number of aromatic nitrogens is 7. The van der Waals surface area contributed by atoms with E-state index in [1.165, 1.54) is 11.0 Å². The first-order valence-electron chi connectivity index (χ1n) is 7.14. The summed E-state index contributed by atoms with van der Waals surface area (Å²) in [5.41, 5.74) is 2.35. The van der Waals surface area contributed by atoms with Crippen LogP contribution < -0.4 is 5.32 Å². The van der Waals surface area contributed by atoms with Gasteiger partial charge in [0, 0.05) is 18.2 Å². The standard InChI is InChI=1S/C13H16N8O2/c1-8-10(9(2)23-18-8)4-3-5-14-13(22)11-6-12(17-16-11)21-7-15-19-20-21/h6-7H,3-5H2,1-2H3,(H,14,22)(H,16,17). The highest BCUT2D eigenvalue weighted by molar-refractivity contribution is 5.92. The molecule has 0 radical (unpaired) electrons. The van der Waals surface area contributed by atoms with Gasteiger partial charge in [-0.15, -0.1) is 5.10 Å². The molecule has 0 aliphatic heterocycles. The van der Waals surface area contributed by atoms with E-state index in [4.69, 9.17) is 4.52 Å². The van der Waals surface area contributed by atoms with E-state index < -0.39 is 0 Å². The minimum atomic E-state index is -0.226. The van der Waals surface area contributed by atoms with Crippen molar-refractivity contribution in [1.82, 2.24) is 40.9 Å². The van der Waals surface area contributed by atoms with Crippen LogP contribution in [0.3, 0.4) is 0 Å². The number of hydrogen-bond acceptors (Lipinski definition) is 7. The van der Waals surface area contributed by atoms with Crippen molar-refractivity contribution in [3.8, 4) is 5.82 Å². The largest absolute Gasteiger partial charge is 0.361 e. The molecule has 3 heterocycles. The zero-order valence-electron chi connectivity index (χ0n) is 12.8. The van der Waals surface area contributed by atoms with Gasteiger partial charge in [-0.3, -0.25) is 9.89 Å². The van der Waals surface area contributed by atoms with Crippen molar-refractivity contribution < 1.29 is 9.32 Å². The number of nitrogens with one attached hydrogen (secondary N) is 2. The summed E-state index contributed by atoms with van der Waals surface area (Å²) in [6, 6.07) is 1.58. The van der Waals surface area contributed by atoms with Crippen LogP contribution in [-0.2, 0) is 6.42 Å². The molecule has 1 amide bonds. The number of aromatic amines is 1. The molecule has 2 N–H and O–H groups in total. The number of H-pyrrole nitrogens is 1. The summed E-state index contributed by atoms with van der Waals surface area (Å²) in [7, 11) is 0. The van der Waals surface area contributed by atoms with Crippen molar-refractivity contribution in [2.24, 2.45) is 0 Å². The van der Waals surface area contributed by atoms with Gasteiger partial charge in [-0.2, -0.15) is 9.78 Å². The summed E-state index contributed by atoms with van der Waals surface area (Å²) < 4.78 is 6.48. The molecule has 0 aromatic carbocycles. The second kappa shape index (κ2) is 6.38. The summed E-state index contributed by atoms with van der Waals surface area (Å²) in [6.45, 7) is 4.34. The Hall–Kier alpha value is -3.04. The first-order valence-corrected chi connectivity index (χ1v) is 7.14. The van der Waals surface area contributed by atoms with E-state index in [1.54, 1.807) is 6.07 Å². The summed E-state index contributed by atoms with van der Waals surface area (Å²) >= 11 is 0. The molecule has 3 rings (SSSR count). The molecular formula is C13H16N8O2. The molecule has 10 heteroatoms. The number of nitrogens with zero attached hydrogens (tertiary/aromatic N) is 6. The maximum atomic E-state index is 12.0. The first kappa shape index (κ1) is 14.9. The third kappa shape index (κ3) is 3.25. The number of rotatable bonds is 6. The van der Waals surface area contributed by atoms with Crippen molar-refractivity contribution in [3.05, 3.63) is 35.1 Å². The Morgan fingerprint density at radius 1 is 1.43 bits per heavy atom. The summed E-state index contributed by atoms with van der Waals surface area (Å²) in [5.74, 6) is 1.06. The molecule has 0 aliphatic rings. The Balaban J connectivity index is 1.50. The van der Waals surface area contributed by atoms with E-state index in [2.05, 4.69) is 36.2 Å². The lowest BCUT2D eigenvalue weighted by molar-refractivity contribution is 0.0948. The molecule has 0 fully saturated rings. The van der Waals surface area contributed by atoms with Crippen molar-refractivity contribution in [2.75, 3.05) is 6.54 Å². The van der Waals surface area contributed by atoms with Gasteiger partial charge in [-0.1, -0.05) is 5.16 Å². The summed E-state index contributed by atoms with van der Waals surface area (Å²) in [6.07, 6.45) is 3.00. The fraction of sp³-hybridized carbons (Fsp3) is 0.385. The van der Waals surface area contributed by atoms with Crippen LogP contribution in [0.5, 0.6) is 0 Å². The molecule has 23 heavy (non-hydrogen) atoms. The molecule has 3 aromatic heterocycles. The molecule has 0 unspecified atom stereocenters. The number of aryl methyl sites for hydroxylation is 2. The van der Waals surface area contributed by atoms with Crippen LogP contribution in [0.25, 0.3) is 5.82 Å². The van der Waals surface area contributed by atoms with E-state index in [9.17, 15) is 4.79 Å². The highest BCUT2D eigenvalue weighted by Crippen LogP contribution is 2.13. The van der Waals surface area contributed by atoms with Gasteiger partial charge < -0.3 is 9.84 Å². The van der Waals surface area contributed by atoms with E-state index in [0.29, 0.717) is 18.1 Å². The quantitative estimate of drug-likeness (QED) is 0.628. The average molecular weight is 316 g/mol. The lowest BCUT2D eigenvalue weighted by atomic mass is 10.1. The molecule has 3 aromatic rings. The summed E-state index contributed by atoms with van der Waals surface area (Å²) in [5, 5.41) is 24.1. The fourth-order valence-electron chi connectivity index (χ4n) is 2.23. The number of carbonyl (C=O) groups is 1. The van der Waals surface area contributed by atoms with Crippen LogP contribution in [0.1, 0.15) is 33.9 Å². The predicted molar refractivity (Wildman–Crippen MR) is 77.9 cm³/mol. The van der Waals surface area contributed by atoms with Crippen molar-refractivity contribution in [1.29, 1.82) is 0 Å². The van der Waals surface area contributed by atoms with Crippen LogP contribution in [0.15, 0.2) is 16.9 Å². The SMILES string of the molecule is Cc1noc(C)c1CCCNC(=O)c1cc(-n2cnnn2)n[nH]1.